The SMILES string of the molecule is Cn1c(-c2cc(C(=O)O)on2)cc2ccc(O)cc21. The summed E-state index contributed by atoms with van der Waals surface area (Å²) in [6.07, 6.45) is 0. The average molecular weight is 258 g/mol. The van der Waals surface area contributed by atoms with Crippen molar-refractivity contribution in [3.63, 3.8) is 0 Å². The second-order valence-corrected chi connectivity index (χ2v) is 4.21. The van der Waals surface area contributed by atoms with Gasteiger partial charge in [-0.25, -0.2) is 4.79 Å². The van der Waals surface area contributed by atoms with Crippen LogP contribution in [0.15, 0.2) is 34.9 Å². The van der Waals surface area contributed by atoms with Crippen molar-refractivity contribution in [3.05, 3.63) is 36.1 Å². The second-order valence-electron chi connectivity index (χ2n) is 4.21. The van der Waals surface area contributed by atoms with Gasteiger partial charge in [-0.15, -0.1) is 0 Å². The number of rotatable bonds is 2. The molecule has 0 amide bonds. The Balaban J connectivity index is 2.19. The monoisotopic (exact) mass is 258 g/mol. The van der Waals surface area contributed by atoms with Crippen LogP contribution in [-0.4, -0.2) is 25.9 Å². The lowest BCUT2D eigenvalue weighted by molar-refractivity contribution is 0.0652. The summed E-state index contributed by atoms with van der Waals surface area (Å²) in [4.78, 5) is 10.8. The van der Waals surface area contributed by atoms with Crippen LogP contribution in [0.5, 0.6) is 5.75 Å². The van der Waals surface area contributed by atoms with E-state index in [1.807, 2.05) is 17.7 Å². The van der Waals surface area contributed by atoms with Crippen molar-refractivity contribution in [2.45, 2.75) is 0 Å². The van der Waals surface area contributed by atoms with Gasteiger partial charge in [0.05, 0.1) is 11.2 Å². The molecule has 0 radical (unpaired) electrons. The number of aromatic carboxylic acids is 1. The number of fused-ring (bicyclic) bond motifs is 1. The van der Waals surface area contributed by atoms with E-state index in [9.17, 15) is 9.90 Å². The van der Waals surface area contributed by atoms with E-state index in [4.69, 9.17) is 9.63 Å². The minimum Gasteiger partial charge on any atom is -0.508 e. The topological polar surface area (TPSA) is 88.5 Å². The molecule has 0 bridgehead atoms. The summed E-state index contributed by atoms with van der Waals surface area (Å²) < 4.78 is 6.56. The molecule has 0 aliphatic rings. The quantitative estimate of drug-likeness (QED) is 0.735. The third-order valence-corrected chi connectivity index (χ3v) is 3.01. The predicted octanol–water partition coefficient (Wildman–Crippen LogP) is 2.24. The van der Waals surface area contributed by atoms with E-state index in [-0.39, 0.29) is 11.5 Å². The number of aromatic hydroxyl groups is 1. The number of phenols is 1. The molecule has 0 unspecified atom stereocenters. The third kappa shape index (κ3) is 1.74. The minimum absolute atomic E-state index is 0.173. The Morgan fingerprint density at radius 1 is 1.32 bits per heavy atom. The molecule has 0 aliphatic carbocycles. The predicted molar refractivity (Wildman–Crippen MR) is 67.0 cm³/mol. The maximum absolute atomic E-state index is 10.8. The molecule has 0 saturated heterocycles. The normalized spacial score (nSPS) is 11.0. The number of hydrogen-bond donors (Lipinski definition) is 2. The van der Waals surface area contributed by atoms with Gasteiger partial charge in [0, 0.05) is 24.6 Å². The first kappa shape index (κ1) is 11.3. The molecule has 0 saturated carbocycles. The highest BCUT2D eigenvalue weighted by molar-refractivity contribution is 5.89. The lowest BCUT2D eigenvalue weighted by atomic mass is 10.2. The lowest BCUT2D eigenvalue weighted by Gasteiger charge is -2.00. The first-order valence-electron chi connectivity index (χ1n) is 5.55. The molecule has 19 heavy (non-hydrogen) atoms. The van der Waals surface area contributed by atoms with E-state index in [0.29, 0.717) is 5.69 Å². The fraction of sp³-hybridized carbons (Fsp3) is 0.0769. The maximum atomic E-state index is 10.8. The summed E-state index contributed by atoms with van der Waals surface area (Å²) in [6.45, 7) is 0. The average Bonchev–Trinajstić information content (AvgIpc) is 2.95. The van der Waals surface area contributed by atoms with Crippen LogP contribution in [0.2, 0.25) is 0 Å². The van der Waals surface area contributed by atoms with E-state index in [2.05, 4.69) is 5.16 Å². The summed E-state index contributed by atoms with van der Waals surface area (Å²) in [5.41, 5.74) is 1.99. The first-order valence-corrected chi connectivity index (χ1v) is 5.55. The van der Waals surface area contributed by atoms with Crippen molar-refractivity contribution in [3.8, 4) is 17.1 Å². The Labute approximate surface area is 107 Å². The van der Waals surface area contributed by atoms with Crippen LogP contribution >= 0.6 is 0 Å². The van der Waals surface area contributed by atoms with Crippen molar-refractivity contribution in [2.24, 2.45) is 7.05 Å². The van der Waals surface area contributed by atoms with Crippen LogP contribution in [-0.2, 0) is 7.05 Å². The largest absolute Gasteiger partial charge is 0.508 e. The molecule has 0 aliphatic heterocycles. The van der Waals surface area contributed by atoms with Crippen LogP contribution in [0.25, 0.3) is 22.3 Å². The molecule has 3 aromatic rings. The van der Waals surface area contributed by atoms with Gasteiger partial charge >= 0.3 is 5.97 Å². The zero-order chi connectivity index (χ0) is 13.6. The lowest BCUT2D eigenvalue weighted by Crippen LogP contribution is -1.92. The Kier molecular flexibility index (Phi) is 2.31. The molecule has 96 valence electrons. The number of aromatic nitrogens is 2. The standard InChI is InChI=1S/C13H10N2O4/c1-15-10-5-8(16)3-2-7(10)4-11(15)9-6-12(13(17)18)19-14-9/h2-6,16H,1H3,(H,17,18). The number of hydrogen-bond acceptors (Lipinski definition) is 4. The maximum Gasteiger partial charge on any atom is 0.374 e. The number of carbonyl (C=O) groups is 1. The molecular formula is C13H10N2O4. The number of nitrogens with zero attached hydrogens (tertiary/aromatic N) is 2. The fourth-order valence-corrected chi connectivity index (χ4v) is 2.06. The molecule has 6 nitrogen and oxygen atoms in total. The van der Waals surface area contributed by atoms with Crippen LogP contribution in [0, 0.1) is 0 Å². The highest BCUT2D eigenvalue weighted by atomic mass is 16.5. The molecule has 0 fully saturated rings. The molecule has 0 atom stereocenters. The number of carboxylic acids is 1. The highest BCUT2D eigenvalue weighted by Crippen LogP contribution is 2.29. The molecule has 2 N–H and O–H groups in total. The van der Waals surface area contributed by atoms with Crippen molar-refractivity contribution < 1.29 is 19.5 Å². The van der Waals surface area contributed by atoms with E-state index >= 15 is 0 Å². The van der Waals surface area contributed by atoms with Crippen LogP contribution in [0.1, 0.15) is 10.6 Å². The Bertz CT molecular complexity index is 785. The van der Waals surface area contributed by atoms with Gasteiger partial charge in [-0.2, -0.15) is 0 Å². The number of phenolic OH excluding ortho intramolecular Hbond substituents is 1. The van der Waals surface area contributed by atoms with Gasteiger partial charge in [0.2, 0.25) is 5.76 Å². The van der Waals surface area contributed by atoms with Gasteiger partial charge in [0.25, 0.3) is 0 Å². The van der Waals surface area contributed by atoms with E-state index < -0.39 is 5.97 Å². The molecule has 3 rings (SSSR count). The summed E-state index contributed by atoms with van der Waals surface area (Å²) >= 11 is 0. The zero-order valence-electron chi connectivity index (χ0n) is 9.99. The number of benzene rings is 1. The smallest absolute Gasteiger partial charge is 0.374 e. The van der Waals surface area contributed by atoms with E-state index in [1.165, 1.54) is 6.07 Å². The number of carboxylic acid groups (broad SMARTS) is 1. The van der Waals surface area contributed by atoms with Crippen molar-refractivity contribution >= 4 is 16.9 Å². The summed E-state index contributed by atoms with van der Waals surface area (Å²) in [7, 11) is 1.81. The molecule has 2 heterocycles. The summed E-state index contributed by atoms with van der Waals surface area (Å²) in [5.74, 6) is -1.19. The third-order valence-electron chi connectivity index (χ3n) is 3.01. The van der Waals surface area contributed by atoms with E-state index in [0.717, 1.165) is 16.6 Å². The fourth-order valence-electron chi connectivity index (χ4n) is 2.06. The van der Waals surface area contributed by atoms with Crippen molar-refractivity contribution in [1.82, 2.24) is 9.72 Å². The number of aryl methyl sites for hydroxylation is 1. The Hall–Kier alpha value is -2.76. The summed E-state index contributed by atoms with van der Waals surface area (Å²) in [6, 6.07) is 8.25. The van der Waals surface area contributed by atoms with Gasteiger partial charge < -0.3 is 19.3 Å². The highest BCUT2D eigenvalue weighted by Gasteiger charge is 2.16. The van der Waals surface area contributed by atoms with Gasteiger partial charge in [-0.05, 0) is 18.2 Å². The minimum atomic E-state index is -1.16. The Morgan fingerprint density at radius 3 is 2.79 bits per heavy atom. The molecule has 0 spiro atoms. The van der Waals surface area contributed by atoms with Gasteiger partial charge in [-0.3, -0.25) is 0 Å². The first-order chi connectivity index (χ1) is 9.06. The van der Waals surface area contributed by atoms with Gasteiger partial charge in [0.15, 0.2) is 0 Å². The van der Waals surface area contributed by atoms with Crippen molar-refractivity contribution in [1.29, 1.82) is 0 Å². The van der Waals surface area contributed by atoms with Gasteiger partial charge in [-0.1, -0.05) is 5.16 Å². The van der Waals surface area contributed by atoms with Crippen molar-refractivity contribution in [2.75, 3.05) is 0 Å². The molecular weight excluding hydrogens is 248 g/mol. The van der Waals surface area contributed by atoms with Crippen LogP contribution in [0.4, 0.5) is 0 Å². The van der Waals surface area contributed by atoms with Gasteiger partial charge in [0.1, 0.15) is 11.4 Å². The summed E-state index contributed by atoms with van der Waals surface area (Å²) in [5, 5.41) is 23.0. The molecule has 2 aromatic heterocycles. The molecule has 6 heteroatoms. The Morgan fingerprint density at radius 2 is 2.11 bits per heavy atom. The van der Waals surface area contributed by atoms with Crippen LogP contribution < -0.4 is 0 Å². The zero-order valence-corrected chi connectivity index (χ0v) is 9.99. The van der Waals surface area contributed by atoms with Crippen LogP contribution in [0.3, 0.4) is 0 Å². The second kappa shape index (κ2) is 3.88. The van der Waals surface area contributed by atoms with E-state index in [1.54, 1.807) is 18.2 Å². The molecule has 1 aromatic carbocycles.